The van der Waals surface area contributed by atoms with E-state index < -0.39 is 23.7 Å². The van der Waals surface area contributed by atoms with Crippen LogP contribution < -0.4 is 10.6 Å². The molecule has 1 amide bonds. The molecule has 2 N–H and O–H groups in total. The second kappa shape index (κ2) is 8.31. The predicted octanol–water partition coefficient (Wildman–Crippen LogP) is 5.00. The average Bonchev–Trinajstić information content (AvgIpc) is 3.20. The lowest BCUT2D eigenvalue weighted by molar-refractivity contribution is -0.137. The zero-order valence-electron chi connectivity index (χ0n) is 15.0. The molecule has 0 fully saturated rings. The summed E-state index contributed by atoms with van der Waals surface area (Å²) in [6, 6.07) is 16.5. The molecule has 4 nitrogen and oxygen atoms in total. The standard InChI is InChI=1S/C21H19F3N2O2/c1-14(20(27)26-17-10-5-9-16(13-17)21(22,23)24)25-19(18-11-6-12-28-18)15-7-3-2-4-8-15/h2-14,19,25H,1H3,(H,26,27)/t14-,19+/m1/s1. The fourth-order valence-electron chi connectivity index (χ4n) is 2.79. The topological polar surface area (TPSA) is 54.3 Å². The van der Waals surface area contributed by atoms with Crippen molar-refractivity contribution >= 4 is 11.6 Å². The van der Waals surface area contributed by atoms with E-state index in [4.69, 9.17) is 4.42 Å². The first-order valence-corrected chi connectivity index (χ1v) is 8.67. The number of rotatable bonds is 6. The van der Waals surface area contributed by atoms with Gasteiger partial charge in [-0.2, -0.15) is 13.2 Å². The van der Waals surface area contributed by atoms with Gasteiger partial charge in [0, 0.05) is 5.69 Å². The number of hydrogen-bond acceptors (Lipinski definition) is 3. The highest BCUT2D eigenvalue weighted by atomic mass is 19.4. The summed E-state index contributed by atoms with van der Waals surface area (Å²) >= 11 is 0. The zero-order chi connectivity index (χ0) is 20.1. The van der Waals surface area contributed by atoms with Crippen LogP contribution in [0.15, 0.2) is 77.4 Å². The molecule has 2 aromatic carbocycles. The minimum absolute atomic E-state index is 0.0859. The molecule has 0 bridgehead atoms. The first kappa shape index (κ1) is 19.7. The van der Waals surface area contributed by atoms with Crippen molar-refractivity contribution in [3.8, 4) is 0 Å². The Kier molecular flexibility index (Phi) is 5.84. The number of anilines is 1. The third kappa shape index (κ3) is 4.80. The minimum Gasteiger partial charge on any atom is -0.467 e. The van der Waals surface area contributed by atoms with Crippen LogP contribution in [0, 0.1) is 0 Å². The number of carbonyl (C=O) groups excluding carboxylic acids is 1. The Labute approximate surface area is 160 Å². The predicted molar refractivity (Wildman–Crippen MR) is 99.7 cm³/mol. The maximum atomic E-state index is 12.8. The van der Waals surface area contributed by atoms with Gasteiger partial charge < -0.3 is 9.73 Å². The lowest BCUT2D eigenvalue weighted by Gasteiger charge is -2.22. The summed E-state index contributed by atoms with van der Waals surface area (Å²) < 4.78 is 44.0. The largest absolute Gasteiger partial charge is 0.467 e. The first-order valence-electron chi connectivity index (χ1n) is 8.67. The molecule has 1 heterocycles. The van der Waals surface area contributed by atoms with Crippen LogP contribution in [0.4, 0.5) is 18.9 Å². The summed E-state index contributed by atoms with van der Waals surface area (Å²) in [5.74, 6) is 0.178. The van der Waals surface area contributed by atoms with Gasteiger partial charge in [-0.3, -0.25) is 10.1 Å². The van der Waals surface area contributed by atoms with Gasteiger partial charge in [-0.1, -0.05) is 36.4 Å². The number of benzene rings is 2. The normalized spacial score (nSPS) is 13.7. The van der Waals surface area contributed by atoms with E-state index in [0.29, 0.717) is 5.76 Å². The summed E-state index contributed by atoms with van der Waals surface area (Å²) in [5.41, 5.74) is 0.169. The molecule has 0 aliphatic heterocycles. The van der Waals surface area contributed by atoms with Crippen molar-refractivity contribution in [2.24, 2.45) is 0 Å². The van der Waals surface area contributed by atoms with Gasteiger partial charge in [0.2, 0.25) is 5.91 Å². The van der Waals surface area contributed by atoms with Crippen LogP contribution in [0.3, 0.4) is 0 Å². The van der Waals surface area contributed by atoms with Gasteiger partial charge in [-0.05, 0) is 42.8 Å². The smallest absolute Gasteiger partial charge is 0.416 e. The summed E-state index contributed by atoms with van der Waals surface area (Å²) in [4.78, 5) is 12.5. The molecule has 0 saturated carbocycles. The number of furan rings is 1. The molecule has 0 aliphatic carbocycles. The number of alkyl halides is 3. The van der Waals surface area contributed by atoms with Gasteiger partial charge in [0.15, 0.2) is 0 Å². The van der Waals surface area contributed by atoms with Gasteiger partial charge in [0.05, 0.1) is 23.9 Å². The van der Waals surface area contributed by atoms with Crippen molar-refractivity contribution in [2.75, 3.05) is 5.32 Å². The van der Waals surface area contributed by atoms with E-state index in [1.54, 1.807) is 25.3 Å². The maximum absolute atomic E-state index is 12.8. The van der Waals surface area contributed by atoms with Crippen molar-refractivity contribution in [1.29, 1.82) is 0 Å². The molecule has 28 heavy (non-hydrogen) atoms. The van der Waals surface area contributed by atoms with Crippen LogP contribution in [-0.4, -0.2) is 11.9 Å². The first-order chi connectivity index (χ1) is 13.3. The highest BCUT2D eigenvalue weighted by Crippen LogP contribution is 2.30. The third-order valence-electron chi connectivity index (χ3n) is 4.23. The molecular weight excluding hydrogens is 369 g/mol. The fraction of sp³-hybridized carbons (Fsp3) is 0.190. The zero-order valence-corrected chi connectivity index (χ0v) is 15.0. The number of hydrogen-bond donors (Lipinski definition) is 2. The second-order valence-electron chi connectivity index (χ2n) is 6.32. The van der Waals surface area contributed by atoms with Crippen LogP contribution in [0.2, 0.25) is 0 Å². The van der Waals surface area contributed by atoms with Gasteiger partial charge in [0.25, 0.3) is 0 Å². The molecule has 3 aromatic rings. The van der Waals surface area contributed by atoms with E-state index in [1.165, 1.54) is 12.1 Å². The molecule has 0 radical (unpaired) electrons. The van der Waals surface area contributed by atoms with Crippen molar-refractivity contribution in [1.82, 2.24) is 5.32 Å². The van der Waals surface area contributed by atoms with Crippen molar-refractivity contribution in [2.45, 2.75) is 25.2 Å². The Morgan fingerprint density at radius 2 is 1.75 bits per heavy atom. The molecule has 146 valence electrons. The molecule has 0 aliphatic rings. The summed E-state index contributed by atoms with van der Waals surface area (Å²) in [5, 5.41) is 5.70. The molecule has 7 heteroatoms. The molecule has 0 spiro atoms. The van der Waals surface area contributed by atoms with Crippen LogP contribution in [0.25, 0.3) is 0 Å². The van der Waals surface area contributed by atoms with Crippen LogP contribution in [-0.2, 0) is 11.0 Å². The van der Waals surface area contributed by atoms with E-state index in [2.05, 4.69) is 10.6 Å². The number of nitrogens with one attached hydrogen (secondary N) is 2. The molecule has 1 aromatic heterocycles. The Bertz CT molecular complexity index is 909. The van der Waals surface area contributed by atoms with Crippen molar-refractivity contribution in [3.05, 3.63) is 89.9 Å². The Morgan fingerprint density at radius 3 is 2.39 bits per heavy atom. The molecule has 3 rings (SSSR count). The maximum Gasteiger partial charge on any atom is 0.416 e. The van der Waals surface area contributed by atoms with Crippen molar-refractivity contribution < 1.29 is 22.4 Å². The molecular formula is C21H19F3N2O2. The van der Waals surface area contributed by atoms with Gasteiger partial charge >= 0.3 is 6.18 Å². The SMILES string of the molecule is C[C@@H](N[C@@H](c1ccccc1)c1ccco1)C(=O)Nc1cccc(C(F)(F)F)c1. The number of amides is 1. The van der Waals surface area contributed by atoms with E-state index in [0.717, 1.165) is 17.7 Å². The van der Waals surface area contributed by atoms with Crippen LogP contribution >= 0.6 is 0 Å². The van der Waals surface area contributed by atoms with Gasteiger partial charge in [-0.15, -0.1) is 0 Å². The molecule has 2 atom stereocenters. The number of halogens is 3. The Morgan fingerprint density at radius 1 is 1.00 bits per heavy atom. The van der Waals surface area contributed by atoms with E-state index in [1.807, 2.05) is 30.3 Å². The highest BCUT2D eigenvalue weighted by molar-refractivity contribution is 5.94. The van der Waals surface area contributed by atoms with Crippen LogP contribution in [0.5, 0.6) is 0 Å². The van der Waals surface area contributed by atoms with E-state index in [9.17, 15) is 18.0 Å². The highest BCUT2D eigenvalue weighted by Gasteiger charge is 2.30. The fourth-order valence-corrected chi connectivity index (χ4v) is 2.79. The molecule has 0 unspecified atom stereocenters. The quantitative estimate of drug-likeness (QED) is 0.625. The average molecular weight is 388 g/mol. The molecule has 0 saturated heterocycles. The monoisotopic (exact) mass is 388 g/mol. The second-order valence-corrected chi connectivity index (χ2v) is 6.32. The minimum atomic E-state index is -4.47. The van der Waals surface area contributed by atoms with E-state index in [-0.39, 0.29) is 11.7 Å². The van der Waals surface area contributed by atoms with Crippen molar-refractivity contribution in [3.63, 3.8) is 0 Å². The van der Waals surface area contributed by atoms with Gasteiger partial charge in [-0.25, -0.2) is 0 Å². The Balaban J connectivity index is 1.74. The lowest BCUT2D eigenvalue weighted by atomic mass is 10.0. The Hall–Kier alpha value is -3.06. The lowest BCUT2D eigenvalue weighted by Crippen LogP contribution is -2.40. The number of carbonyl (C=O) groups is 1. The van der Waals surface area contributed by atoms with E-state index >= 15 is 0 Å². The third-order valence-corrected chi connectivity index (χ3v) is 4.23. The summed E-state index contributed by atoms with van der Waals surface area (Å²) in [6.07, 6.45) is -2.93. The van der Waals surface area contributed by atoms with Gasteiger partial charge in [0.1, 0.15) is 5.76 Å². The summed E-state index contributed by atoms with van der Waals surface area (Å²) in [6.45, 7) is 1.64. The summed E-state index contributed by atoms with van der Waals surface area (Å²) in [7, 11) is 0. The van der Waals surface area contributed by atoms with Crippen LogP contribution in [0.1, 0.15) is 29.9 Å².